The Morgan fingerprint density at radius 2 is 2.17 bits per heavy atom. The number of benzene rings is 1. The number of carbonyl (C=O) groups excluding carboxylic acids is 1. The highest BCUT2D eigenvalue weighted by atomic mass is 19.1. The molecule has 1 aromatic rings. The highest BCUT2D eigenvalue weighted by Crippen LogP contribution is 2.19. The first-order valence-electron chi connectivity index (χ1n) is 6.42. The predicted octanol–water partition coefficient (Wildman–Crippen LogP) is 2.46. The van der Waals surface area contributed by atoms with Gasteiger partial charge in [-0.15, -0.1) is 0 Å². The minimum absolute atomic E-state index is 0.0913. The zero-order valence-electron chi connectivity index (χ0n) is 10.6. The number of amides is 1. The maximum absolute atomic E-state index is 13.5. The molecule has 1 amide bonds. The van der Waals surface area contributed by atoms with Crippen molar-refractivity contribution in [3.63, 3.8) is 0 Å². The number of aryl methyl sites for hydroxylation is 1. The minimum atomic E-state index is -0.376. The number of hydrogen-bond acceptors (Lipinski definition) is 2. The quantitative estimate of drug-likeness (QED) is 0.865. The zero-order valence-corrected chi connectivity index (χ0v) is 10.6. The van der Waals surface area contributed by atoms with Crippen LogP contribution in [-0.4, -0.2) is 19.0 Å². The smallest absolute Gasteiger partial charge is 0.224 e. The Labute approximate surface area is 107 Å². The van der Waals surface area contributed by atoms with Crippen molar-refractivity contribution < 1.29 is 9.18 Å². The normalized spacial score (nSPS) is 16.6. The summed E-state index contributed by atoms with van der Waals surface area (Å²) < 4.78 is 13.5. The van der Waals surface area contributed by atoms with Gasteiger partial charge >= 0.3 is 0 Å². The Balaban J connectivity index is 1.92. The number of hydrogen-bond donors (Lipinski definition) is 2. The van der Waals surface area contributed by atoms with Crippen LogP contribution in [0.5, 0.6) is 0 Å². The van der Waals surface area contributed by atoms with Crippen LogP contribution in [0.1, 0.15) is 24.8 Å². The summed E-state index contributed by atoms with van der Waals surface area (Å²) in [6, 6.07) is 4.74. The molecule has 0 bridgehead atoms. The van der Waals surface area contributed by atoms with E-state index in [9.17, 15) is 9.18 Å². The van der Waals surface area contributed by atoms with Gasteiger partial charge in [0.1, 0.15) is 5.82 Å². The molecule has 1 aliphatic rings. The minimum Gasteiger partial charge on any atom is -0.324 e. The van der Waals surface area contributed by atoms with E-state index < -0.39 is 0 Å². The third-order valence-corrected chi connectivity index (χ3v) is 3.33. The van der Waals surface area contributed by atoms with Gasteiger partial charge in [0.05, 0.1) is 5.69 Å². The van der Waals surface area contributed by atoms with Crippen molar-refractivity contribution in [3.8, 4) is 0 Å². The van der Waals surface area contributed by atoms with Gasteiger partial charge < -0.3 is 10.6 Å². The molecule has 0 atom stereocenters. The van der Waals surface area contributed by atoms with Gasteiger partial charge in [0, 0.05) is 6.42 Å². The summed E-state index contributed by atoms with van der Waals surface area (Å²) >= 11 is 0. The van der Waals surface area contributed by atoms with Crippen molar-refractivity contribution >= 4 is 11.6 Å². The molecular weight excluding hydrogens is 231 g/mol. The van der Waals surface area contributed by atoms with E-state index in [-0.39, 0.29) is 17.4 Å². The Morgan fingerprint density at radius 1 is 1.44 bits per heavy atom. The van der Waals surface area contributed by atoms with Crippen LogP contribution < -0.4 is 10.6 Å². The number of rotatable bonds is 3. The molecule has 1 saturated heterocycles. The van der Waals surface area contributed by atoms with Crippen LogP contribution in [0.4, 0.5) is 10.1 Å². The van der Waals surface area contributed by atoms with Crippen molar-refractivity contribution in [2.45, 2.75) is 26.2 Å². The van der Waals surface area contributed by atoms with E-state index in [0.717, 1.165) is 31.5 Å². The molecule has 0 unspecified atom stereocenters. The van der Waals surface area contributed by atoms with Crippen LogP contribution in [0.15, 0.2) is 18.2 Å². The fraction of sp³-hybridized carbons (Fsp3) is 0.500. The van der Waals surface area contributed by atoms with E-state index in [1.807, 2.05) is 6.92 Å². The lowest BCUT2D eigenvalue weighted by Crippen LogP contribution is -2.30. The van der Waals surface area contributed by atoms with E-state index in [1.165, 1.54) is 6.07 Å². The van der Waals surface area contributed by atoms with Crippen LogP contribution in [0, 0.1) is 18.7 Å². The molecule has 1 fully saturated rings. The Morgan fingerprint density at radius 3 is 2.89 bits per heavy atom. The zero-order chi connectivity index (χ0) is 13.0. The van der Waals surface area contributed by atoms with E-state index in [2.05, 4.69) is 10.6 Å². The van der Waals surface area contributed by atoms with Crippen molar-refractivity contribution in [1.29, 1.82) is 0 Å². The topological polar surface area (TPSA) is 41.1 Å². The fourth-order valence-electron chi connectivity index (χ4n) is 2.28. The first-order chi connectivity index (χ1) is 8.65. The van der Waals surface area contributed by atoms with E-state index >= 15 is 0 Å². The Hall–Kier alpha value is -1.42. The summed E-state index contributed by atoms with van der Waals surface area (Å²) in [5, 5.41) is 5.93. The Bertz CT molecular complexity index is 428. The van der Waals surface area contributed by atoms with E-state index in [1.54, 1.807) is 12.1 Å². The van der Waals surface area contributed by atoms with Crippen LogP contribution >= 0.6 is 0 Å². The molecule has 0 saturated carbocycles. The lowest BCUT2D eigenvalue weighted by atomic mass is 9.94. The number of anilines is 1. The molecule has 1 aliphatic heterocycles. The highest BCUT2D eigenvalue weighted by molar-refractivity contribution is 5.91. The molecular formula is C14H19FN2O. The lowest BCUT2D eigenvalue weighted by molar-refractivity contribution is -0.117. The SMILES string of the molecule is Cc1ccc(F)c(NC(=O)CC2CCNCC2)c1. The summed E-state index contributed by atoms with van der Waals surface area (Å²) in [6.07, 6.45) is 2.52. The summed E-state index contributed by atoms with van der Waals surface area (Å²) in [6.45, 7) is 3.81. The second kappa shape index (κ2) is 5.96. The van der Waals surface area contributed by atoms with Crippen LogP contribution in [-0.2, 0) is 4.79 Å². The third-order valence-electron chi connectivity index (χ3n) is 3.33. The molecule has 98 valence electrons. The molecule has 18 heavy (non-hydrogen) atoms. The summed E-state index contributed by atoms with van der Waals surface area (Å²) in [5.41, 5.74) is 1.22. The van der Waals surface area contributed by atoms with E-state index in [4.69, 9.17) is 0 Å². The summed E-state index contributed by atoms with van der Waals surface area (Å²) in [5.74, 6) is -0.0511. The molecule has 0 radical (unpaired) electrons. The molecule has 0 spiro atoms. The van der Waals surface area contributed by atoms with Crippen molar-refractivity contribution in [2.24, 2.45) is 5.92 Å². The van der Waals surface area contributed by atoms with Gasteiger partial charge in [-0.25, -0.2) is 4.39 Å². The summed E-state index contributed by atoms with van der Waals surface area (Å²) in [4.78, 5) is 11.8. The molecule has 2 rings (SSSR count). The fourth-order valence-corrected chi connectivity index (χ4v) is 2.28. The highest BCUT2D eigenvalue weighted by Gasteiger charge is 2.17. The second-order valence-electron chi connectivity index (χ2n) is 4.93. The van der Waals surface area contributed by atoms with Gasteiger partial charge in [0.15, 0.2) is 0 Å². The maximum atomic E-state index is 13.5. The molecule has 0 aliphatic carbocycles. The number of carbonyl (C=O) groups is 1. The average molecular weight is 250 g/mol. The molecule has 0 aromatic heterocycles. The molecule has 4 heteroatoms. The number of nitrogens with one attached hydrogen (secondary N) is 2. The standard InChI is InChI=1S/C14H19FN2O/c1-10-2-3-12(15)13(8-10)17-14(18)9-11-4-6-16-7-5-11/h2-3,8,11,16H,4-7,9H2,1H3,(H,17,18). The van der Waals surface area contributed by atoms with Gasteiger partial charge in [0.25, 0.3) is 0 Å². The van der Waals surface area contributed by atoms with Gasteiger partial charge in [-0.3, -0.25) is 4.79 Å². The summed E-state index contributed by atoms with van der Waals surface area (Å²) in [7, 11) is 0. The molecule has 2 N–H and O–H groups in total. The second-order valence-corrected chi connectivity index (χ2v) is 4.93. The van der Waals surface area contributed by atoms with Gasteiger partial charge in [-0.1, -0.05) is 6.07 Å². The van der Waals surface area contributed by atoms with Crippen LogP contribution in [0.2, 0.25) is 0 Å². The van der Waals surface area contributed by atoms with Crippen LogP contribution in [0.3, 0.4) is 0 Å². The van der Waals surface area contributed by atoms with Crippen molar-refractivity contribution in [1.82, 2.24) is 5.32 Å². The predicted molar refractivity (Wildman–Crippen MR) is 70.0 cm³/mol. The van der Waals surface area contributed by atoms with Gasteiger partial charge in [0.2, 0.25) is 5.91 Å². The van der Waals surface area contributed by atoms with Crippen LogP contribution in [0.25, 0.3) is 0 Å². The Kier molecular flexibility index (Phi) is 4.31. The maximum Gasteiger partial charge on any atom is 0.224 e. The first-order valence-corrected chi connectivity index (χ1v) is 6.42. The number of piperidine rings is 1. The lowest BCUT2D eigenvalue weighted by Gasteiger charge is -2.22. The van der Waals surface area contributed by atoms with Gasteiger partial charge in [-0.2, -0.15) is 0 Å². The largest absolute Gasteiger partial charge is 0.324 e. The first kappa shape index (κ1) is 13.0. The average Bonchev–Trinajstić information content (AvgIpc) is 2.35. The third kappa shape index (κ3) is 3.53. The molecule has 1 heterocycles. The van der Waals surface area contributed by atoms with Crippen molar-refractivity contribution in [2.75, 3.05) is 18.4 Å². The monoisotopic (exact) mass is 250 g/mol. The van der Waals surface area contributed by atoms with E-state index in [0.29, 0.717) is 12.3 Å². The number of halogens is 1. The molecule has 3 nitrogen and oxygen atoms in total. The van der Waals surface area contributed by atoms with Crippen molar-refractivity contribution in [3.05, 3.63) is 29.6 Å². The van der Waals surface area contributed by atoms with Gasteiger partial charge in [-0.05, 0) is 56.5 Å². The molecule has 1 aromatic carbocycles.